The van der Waals surface area contributed by atoms with Crippen molar-refractivity contribution in [2.24, 2.45) is 5.92 Å². The van der Waals surface area contributed by atoms with Gasteiger partial charge in [0, 0.05) is 32.2 Å². The summed E-state index contributed by atoms with van der Waals surface area (Å²) in [4.78, 5) is 41.6. The van der Waals surface area contributed by atoms with Gasteiger partial charge in [-0.25, -0.2) is 28.2 Å². The molecule has 0 atom stereocenters. The summed E-state index contributed by atoms with van der Waals surface area (Å²) in [5, 5.41) is 4.43. The van der Waals surface area contributed by atoms with Gasteiger partial charge in [-0.3, -0.25) is 4.79 Å². The number of nitrogens with one attached hydrogen (secondary N) is 1. The molecule has 2 aromatic rings. The number of aromatic nitrogens is 3. The Hall–Kier alpha value is -3.32. The molecule has 35 heavy (non-hydrogen) atoms. The SMILES string of the molecule is CC(=O)c1c(Nc2ccc(S(C)(=O)=O)nc2)ncnc1OC1CCN(OC(=O)OCC(C)C)CC1. The van der Waals surface area contributed by atoms with E-state index >= 15 is 0 Å². The minimum absolute atomic E-state index is 0.0648. The molecule has 0 spiro atoms. The number of hydrogen-bond acceptors (Lipinski definition) is 12. The number of sulfone groups is 1. The van der Waals surface area contributed by atoms with E-state index in [-0.39, 0.29) is 46.7 Å². The standard InChI is InChI=1S/C22H29N5O7S/c1-14(2)12-32-22(29)34-27-9-7-17(8-10-27)33-21-19(15(3)28)20(24-13-25-21)26-16-5-6-18(23-11-16)35(4,30)31/h5-6,11,13-14,17H,7-10,12H2,1-4H3,(H,24,25,26). The van der Waals surface area contributed by atoms with Crippen LogP contribution in [0.25, 0.3) is 0 Å². The van der Waals surface area contributed by atoms with Crippen molar-refractivity contribution in [1.29, 1.82) is 0 Å². The Labute approximate surface area is 203 Å². The molecule has 0 saturated carbocycles. The molecule has 1 aliphatic heterocycles. The van der Waals surface area contributed by atoms with Crippen molar-refractivity contribution < 1.29 is 32.3 Å². The van der Waals surface area contributed by atoms with Crippen molar-refractivity contribution in [3.05, 3.63) is 30.2 Å². The second-order valence-electron chi connectivity index (χ2n) is 8.53. The predicted octanol–water partition coefficient (Wildman–Crippen LogP) is 2.79. The number of carbonyl (C=O) groups is 2. The zero-order valence-corrected chi connectivity index (χ0v) is 20.9. The van der Waals surface area contributed by atoms with Gasteiger partial charge in [0.25, 0.3) is 0 Å². The van der Waals surface area contributed by atoms with Gasteiger partial charge >= 0.3 is 6.16 Å². The average Bonchev–Trinajstić information content (AvgIpc) is 2.79. The maximum absolute atomic E-state index is 12.4. The molecule has 2 aromatic heterocycles. The molecule has 0 unspecified atom stereocenters. The van der Waals surface area contributed by atoms with E-state index < -0.39 is 16.0 Å². The lowest BCUT2D eigenvalue weighted by atomic mass is 10.1. The Kier molecular flexibility index (Phi) is 8.57. The second kappa shape index (κ2) is 11.4. The van der Waals surface area contributed by atoms with Crippen molar-refractivity contribution in [2.75, 3.05) is 31.3 Å². The second-order valence-corrected chi connectivity index (χ2v) is 10.5. The first kappa shape index (κ1) is 26.3. The lowest BCUT2D eigenvalue weighted by molar-refractivity contribution is -0.148. The smallest absolute Gasteiger partial charge is 0.474 e. The summed E-state index contributed by atoms with van der Waals surface area (Å²) in [5.41, 5.74) is 0.606. The number of Topliss-reactive ketones (excluding diaryl/α,β-unsaturated/α-hetero) is 1. The van der Waals surface area contributed by atoms with Crippen molar-refractivity contribution in [3.63, 3.8) is 0 Å². The van der Waals surface area contributed by atoms with E-state index in [2.05, 4.69) is 20.3 Å². The normalized spacial score (nSPS) is 15.0. The van der Waals surface area contributed by atoms with Crippen molar-refractivity contribution in [2.45, 2.75) is 44.7 Å². The summed E-state index contributed by atoms with van der Waals surface area (Å²) in [6.45, 7) is 6.40. The highest BCUT2D eigenvalue weighted by molar-refractivity contribution is 7.90. The quantitative estimate of drug-likeness (QED) is 0.392. The molecule has 190 valence electrons. The highest BCUT2D eigenvalue weighted by Gasteiger charge is 2.27. The molecule has 12 nitrogen and oxygen atoms in total. The van der Waals surface area contributed by atoms with E-state index in [0.29, 0.717) is 31.6 Å². The zero-order valence-electron chi connectivity index (χ0n) is 20.1. The van der Waals surface area contributed by atoms with Crippen molar-refractivity contribution in [3.8, 4) is 5.88 Å². The molecule has 1 saturated heterocycles. The van der Waals surface area contributed by atoms with Gasteiger partial charge in [0.15, 0.2) is 20.6 Å². The molecule has 1 N–H and O–H groups in total. The van der Waals surface area contributed by atoms with Crippen LogP contribution < -0.4 is 10.1 Å². The van der Waals surface area contributed by atoms with Crippen molar-refractivity contribution >= 4 is 33.3 Å². The maximum atomic E-state index is 12.4. The van der Waals surface area contributed by atoms with Crippen molar-refractivity contribution in [1.82, 2.24) is 20.0 Å². The van der Waals surface area contributed by atoms with E-state index in [1.807, 2.05) is 13.8 Å². The fourth-order valence-electron chi connectivity index (χ4n) is 3.25. The number of piperidine rings is 1. The third-order valence-corrected chi connectivity index (χ3v) is 5.96. The first-order chi connectivity index (χ1) is 16.5. The molecule has 0 radical (unpaired) electrons. The number of nitrogens with zero attached hydrogens (tertiary/aromatic N) is 4. The highest BCUT2D eigenvalue weighted by atomic mass is 32.2. The molecular weight excluding hydrogens is 478 g/mol. The maximum Gasteiger partial charge on any atom is 0.527 e. The fourth-order valence-corrected chi connectivity index (χ4v) is 3.81. The van der Waals surface area contributed by atoms with Gasteiger partial charge < -0.3 is 19.6 Å². The molecule has 0 aromatic carbocycles. The summed E-state index contributed by atoms with van der Waals surface area (Å²) in [6, 6.07) is 2.88. The minimum atomic E-state index is -3.43. The van der Waals surface area contributed by atoms with Crippen LogP contribution in [0.5, 0.6) is 5.88 Å². The summed E-state index contributed by atoms with van der Waals surface area (Å²) >= 11 is 0. The number of rotatable bonds is 9. The van der Waals surface area contributed by atoms with Gasteiger partial charge in [0.2, 0.25) is 5.88 Å². The van der Waals surface area contributed by atoms with Crippen LogP contribution in [-0.4, -0.2) is 72.4 Å². The van der Waals surface area contributed by atoms with Crippen LogP contribution in [0, 0.1) is 5.92 Å². The third kappa shape index (κ3) is 7.59. The summed E-state index contributed by atoms with van der Waals surface area (Å²) in [5.74, 6) is 0.251. The van der Waals surface area contributed by atoms with E-state index in [1.165, 1.54) is 36.6 Å². The molecule has 1 fully saturated rings. The van der Waals surface area contributed by atoms with Crippen LogP contribution in [0.15, 0.2) is 29.7 Å². The predicted molar refractivity (Wildman–Crippen MR) is 125 cm³/mol. The molecule has 3 heterocycles. The highest BCUT2D eigenvalue weighted by Crippen LogP contribution is 2.28. The lowest BCUT2D eigenvalue weighted by Crippen LogP contribution is -2.40. The average molecular weight is 508 g/mol. The van der Waals surface area contributed by atoms with Crippen LogP contribution in [0.1, 0.15) is 44.0 Å². The van der Waals surface area contributed by atoms with Gasteiger partial charge in [-0.15, -0.1) is 5.06 Å². The molecule has 0 aliphatic carbocycles. The zero-order chi connectivity index (χ0) is 25.6. The molecule has 3 rings (SSSR count). The monoisotopic (exact) mass is 507 g/mol. The van der Waals surface area contributed by atoms with Gasteiger partial charge in [-0.05, 0) is 25.0 Å². The van der Waals surface area contributed by atoms with Crippen LogP contribution in [0.3, 0.4) is 0 Å². The minimum Gasteiger partial charge on any atom is -0.474 e. The summed E-state index contributed by atoms with van der Waals surface area (Å²) in [7, 11) is -3.43. The first-order valence-electron chi connectivity index (χ1n) is 11.1. The number of hydroxylamine groups is 2. The van der Waals surface area contributed by atoms with Crippen LogP contribution in [0.4, 0.5) is 16.3 Å². The number of pyridine rings is 1. The van der Waals surface area contributed by atoms with Gasteiger partial charge in [-0.1, -0.05) is 13.8 Å². The Morgan fingerprint density at radius 1 is 1.17 bits per heavy atom. The Morgan fingerprint density at radius 2 is 1.89 bits per heavy atom. The van der Waals surface area contributed by atoms with Gasteiger partial charge in [0.05, 0.1) is 18.5 Å². The Bertz CT molecular complexity index is 1150. The number of hydrogen-bond donors (Lipinski definition) is 1. The molecule has 0 bridgehead atoms. The van der Waals surface area contributed by atoms with E-state index in [4.69, 9.17) is 14.3 Å². The Morgan fingerprint density at radius 3 is 2.46 bits per heavy atom. The molecule has 1 aliphatic rings. The topological polar surface area (TPSA) is 150 Å². The summed E-state index contributed by atoms with van der Waals surface area (Å²) < 4.78 is 34.3. The van der Waals surface area contributed by atoms with E-state index in [9.17, 15) is 18.0 Å². The largest absolute Gasteiger partial charge is 0.527 e. The number of carbonyl (C=O) groups excluding carboxylic acids is 2. The van der Waals surface area contributed by atoms with Gasteiger partial charge in [-0.2, -0.15) is 0 Å². The van der Waals surface area contributed by atoms with E-state index in [1.54, 1.807) is 0 Å². The lowest BCUT2D eigenvalue weighted by Gasteiger charge is -2.30. The molecule has 0 amide bonds. The van der Waals surface area contributed by atoms with Crippen LogP contribution in [0.2, 0.25) is 0 Å². The third-order valence-electron chi connectivity index (χ3n) is 4.96. The number of anilines is 2. The first-order valence-corrected chi connectivity index (χ1v) is 13.0. The molecule has 13 heteroatoms. The number of ether oxygens (including phenoxy) is 2. The number of ketones is 1. The van der Waals surface area contributed by atoms with Crippen LogP contribution >= 0.6 is 0 Å². The fraction of sp³-hybridized carbons (Fsp3) is 0.500. The van der Waals surface area contributed by atoms with E-state index in [0.717, 1.165) is 6.26 Å². The molecular formula is C22H29N5O7S. The summed E-state index contributed by atoms with van der Waals surface area (Å²) in [6.07, 6.45) is 3.77. The van der Waals surface area contributed by atoms with Gasteiger partial charge in [0.1, 0.15) is 23.8 Å². The van der Waals surface area contributed by atoms with Crippen LogP contribution in [-0.2, 0) is 19.4 Å². The Balaban J connectivity index is 1.64.